The fraction of sp³-hybridized carbons (Fsp3) is 0.607. The Morgan fingerprint density at radius 1 is 1.00 bits per heavy atom. The normalized spacial score (nSPS) is 22.8. The van der Waals surface area contributed by atoms with Crippen LogP contribution in [0.2, 0.25) is 0 Å². The molecule has 33 heavy (non-hydrogen) atoms. The van der Waals surface area contributed by atoms with Crippen molar-refractivity contribution in [1.82, 2.24) is 10.3 Å². The van der Waals surface area contributed by atoms with Gasteiger partial charge in [0.05, 0.1) is 13.0 Å². The van der Waals surface area contributed by atoms with Crippen molar-refractivity contribution in [1.29, 1.82) is 0 Å². The summed E-state index contributed by atoms with van der Waals surface area (Å²) in [4.78, 5) is 29.7. The molecule has 0 saturated heterocycles. The molecule has 1 amide bonds. The number of pyridine rings is 1. The molecule has 2 aliphatic rings. The van der Waals surface area contributed by atoms with Crippen LogP contribution in [0.25, 0.3) is 10.8 Å². The molecule has 2 aliphatic carbocycles. The van der Waals surface area contributed by atoms with E-state index in [2.05, 4.69) is 43.2 Å². The summed E-state index contributed by atoms with van der Waals surface area (Å²) in [6, 6.07) is 8.18. The van der Waals surface area contributed by atoms with Crippen LogP contribution in [-0.4, -0.2) is 30.0 Å². The van der Waals surface area contributed by atoms with Crippen molar-refractivity contribution in [3.8, 4) is 0 Å². The minimum atomic E-state index is -0.439. The van der Waals surface area contributed by atoms with Gasteiger partial charge in [-0.05, 0) is 78.9 Å². The Balaban J connectivity index is 1.53. The maximum Gasteiger partial charge on any atom is 0.356 e. The molecule has 0 bridgehead atoms. The Morgan fingerprint density at radius 2 is 1.70 bits per heavy atom. The van der Waals surface area contributed by atoms with Crippen molar-refractivity contribution in [2.75, 3.05) is 7.11 Å². The second-order valence-corrected chi connectivity index (χ2v) is 11.1. The van der Waals surface area contributed by atoms with E-state index in [9.17, 15) is 9.59 Å². The molecule has 5 heteroatoms. The molecular weight excluding hydrogens is 412 g/mol. The van der Waals surface area contributed by atoms with Gasteiger partial charge in [0, 0.05) is 17.6 Å². The minimum absolute atomic E-state index is 0.127. The van der Waals surface area contributed by atoms with Crippen molar-refractivity contribution >= 4 is 22.6 Å². The van der Waals surface area contributed by atoms with Crippen LogP contribution in [0.1, 0.15) is 94.1 Å². The van der Waals surface area contributed by atoms with Crippen LogP contribution >= 0.6 is 0 Å². The van der Waals surface area contributed by atoms with Crippen molar-refractivity contribution in [3.63, 3.8) is 0 Å². The number of hydrogen-bond donors (Lipinski definition) is 1. The molecular formula is C28H38N2O3. The average molecular weight is 451 g/mol. The van der Waals surface area contributed by atoms with Crippen molar-refractivity contribution in [2.45, 2.75) is 84.1 Å². The van der Waals surface area contributed by atoms with E-state index in [-0.39, 0.29) is 17.9 Å². The molecule has 0 aliphatic heterocycles. The number of methoxy groups -OCH3 is 1. The molecule has 0 radical (unpaired) electrons. The first-order chi connectivity index (χ1) is 15.8. The highest BCUT2D eigenvalue weighted by molar-refractivity contribution is 5.94. The Morgan fingerprint density at radius 3 is 2.33 bits per heavy atom. The average Bonchev–Trinajstić information content (AvgIpc) is 3.32. The lowest BCUT2D eigenvalue weighted by molar-refractivity contribution is -0.124. The predicted octanol–water partition coefficient (Wildman–Crippen LogP) is 6.02. The number of fused-ring (bicyclic) bond motifs is 1. The third-order valence-corrected chi connectivity index (χ3v) is 7.95. The molecule has 2 saturated carbocycles. The molecule has 5 nitrogen and oxygen atoms in total. The largest absolute Gasteiger partial charge is 0.464 e. The summed E-state index contributed by atoms with van der Waals surface area (Å²) in [7, 11) is 1.36. The molecule has 1 aromatic carbocycles. The number of amides is 1. The van der Waals surface area contributed by atoms with Gasteiger partial charge in [-0.1, -0.05) is 45.7 Å². The van der Waals surface area contributed by atoms with Crippen LogP contribution in [0.3, 0.4) is 0 Å². The van der Waals surface area contributed by atoms with Crippen molar-refractivity contribution in [3.05, 3.63) is 41.7 Å². The molecule has 2 fully saturated rings. The molecule has 0 spiro atoms. The fourth-order valence-electron chi connectivity index (χ4n) is 5.89. The summed E-state index contributed by atoms with van der Waals surface area (Å²) >= 11 is 0. The Hall–Kier alpha value is -2.43. The summed E-state index contributed by atoms with van der Waals surface area (Å²) < 4.78 is 4.79. The summed E-state index contributed by atoms with van der Waals surface area (Å²) in [6.45, 7) is 6.99. The summed E-state index contributed by atoms with van der Waals surface area (Å²) in [6.07, 6.45) is 10.8. The van der Waals surface area contributed by atoms with Crippen molar-refractivity contribution in [2.24, 2.45) is 17.3 Å². The first-order valence-corrected chi connectivity index (χ1v) is 12.5. The first-order valence-electron chi connectivity index (χ1n) is 12.5. The lowest BCUT2D eigenvalue weighted by atomic mass is 9.71. The van der Waals surface area contributed by atoms with Gasteiger partial charge >= 0.3 is 5.97 Å². The van der Waals surface area contributed by atoms with E-state index in [0.717, 1.165) is 47.9 Å². The number of benzene rings is 1. The Kier molecular flexibility index (Phi) is 7.06. The topological polar surface area (TPSA) is 68.3 Å². The highest BCUT2D eigenvalue weighted by Crippen LogP contribution is 2.40. The molecule has 178 valence electrons. The van der Waals surface area contributed by atoms with Crippen LogP contribution < -0.4 is 5.32 Å². The van der Waals surface area contributed by atoms with Crippen LogP contribution in [0.4, 0.5) is 0 Å². The van der Waals surface area contributed by atoms with E-state index in [1.807, 2.05) is 6.07 Å². The molecule has 2 aromatic rings. The van der Waals surface area contributed by atoms with E-state index in [1.54, 1.807) is 12.3 Å². The first kappa shape index (κ1) is 23.7. The molecule has 1 aromatic heterocycles. The maximum atomic E-state index is 13.6. The van der Waals surface area contributed by atoms with Crippen LogP contribution in [-0.2, 0) is 9.53 Å². The van der Waals surface area contributed by atoms with Gasteiger partial charge in [-0.3, -0.25) is 4.79 Å². The summed E-state index contributed by atoms with van der Waals surface area (Å²) in [5, 5.41) is 5.31. The number of nitrogens with zero attached hydrogens (tertiary/aromatic N) is 1. The highest BCUT2D eigenvalue weighted by atomic mass is 16.5. The van der Waals surface area contributed by atoms with Crippen LogP contribution in [0, 0.1) is 17.3 Å². The second kappa shape index (κ2) is 9.82. The zero-order valence-corrected chi connectivity index (χ0v) is 20.5. The highest BCUT2D eigenvalue weighted by Gasteiger charge is 2.35. The second-order valence-electron chi connectivity index (χ2n) is 11.1. The maximum absolute atomic E-state index is 13.6. The third-order valence-electron chi connectivity index (χ3n) is 7.95. The lowest BCUT2D eigenvalue weighted by Gasteiger charge is -2.37. The number of carbonyl (C=O) groups excluding carboxylic acids is 2. The number of aromatic nitrogens is 1. The van der Waals surface area contributed by atoms with Gasteiger partial charge in [-0.15, -0.1) is 0 Å². The molecule has 1 heterocycles. The van der Waals surface area contributed by atoms with Crippen LogP contribution in [0.5, 0.6) is 0 Å². The number of hydrogen-bond acceptors (Lipinski definition) is 4. The Labute approximate surface area is 197 Å². The monoisotopic (exact) mass is 450 g/mol. The van der Waals surface area contributed by atoms with Gasteiger partial charge < -0.3 is 10.1 Å². The van der Waals surface area contributed by atoms with E-state index in [0.29, 0.717) is 17.0 Å². The van der Waals surface area contributed by atoms with E-state index < -0.39 is 5.97 Å². The number of esters is 1. The predicted molar refractivity (Wildman–Crippen MR) is 131 cm³/mol. The molecule has 4 rings (SSSR count). The van der Waals surface area contributed by atoms with Gasteiger partial charge in [0.1, 0.15) is 5.69 Å². The number of rotatable bonds is 5. The smallest absolute Gasteiger partial charge is 0.356 e. The number of carbonyl (C=O) groups is 2. The zero-order valence-electron chi connectivity index (χ0n) is 20.5. The van der Waals surface area contributed by atoms with Gasteiger partial charge in [0.15, 0.2) is 0 Å². The van der Waals surface area contributed by atoms with E-state index in [1.165, 1.54) is 32.8 Å². The third kappa shape index (κ3) is 5.39. The summed E-state index contributed by atoms with van der Waals surface area (Å²) in [5.74, 6) is 0.734. The standard InChI is InChI=1S/C28H38N2O3/c1-28(2,3)22-11-13-23(14-12-22)30-26(31)25(18-7-5-6-8-18)20-10-9-19-16-24(27(32)33-4)29-17-21(19)15-20/h9-10,15-18,22-23,25H,5-8,11-14H2,1-4H3,(H,30,31). The van der Waals surface area contributed by atoms with Crippen LogP contribution in [0.15, 0.2) is 30.5 Å². The molecule has 1 unspecified atom stereocenters. The number of ether oxygens (including phenoxy) is 1. The molecule has 1 atom stereocenters. The van der Waals surface area contributed by atoms with Gasteiger partial charge in [0.25, 0.3) is 0 Å². The summed E-state index contributed by atoms with van der Waals surface area (Å²) in [5.41, 5.74) is 1.70. The minimum Gasteiger partial charge on any atom is -0.464 e. The fourth-order valence-corrected chi connectivity index (χ4v) is 5.89. The van der Waals surface area contributed by atoms with E-state index >= 15 is 0 Å². The van der Waals surface area contributed by atoms with Gasteiger partial charge in [0.2, 0.25) is 5.91 Å². The van der Waals surface area contributed by atoms with Gasteiger partial charge in [-0.25, -0.2) is 9.78 Å². The Bertz CT molecular complexity index is 996. The quantitative estimate of drug-likeness (QED) is 0.566. The SMILES string of the molecule is COC(=O)c1cc2ccc(C(C(=O)NC3CCC(C(C)(C)C)CC3)C3CCCC3)cc2cn1. The van der Waals surface area contributed by atoms with Crippen molar-refractivity contribution < 1.29 is 14.3 Å². The lowest BCUT2D eigenvalue weighted by Crippen LogP contribution is -2.42. The van der Waals surface area contributed by atoms with E-state index in [4.69, 9.17) is 4.74 Å². The van der Waals surface area contributed by atoms with Gasteiger partial charge in [-0.2, -0.15) is 0 Å². The molecule has 1 N–H and O–H groups in total. The number of nitrogens with one attached hydrogen (secondary N) is 1. The zero-order chi connectivity index (χ0) is 23.6.